The molecule has 2 heterocycles. The zero-order valence-corrected chi connectivity index (χ0v) is 12.6. The first-order chi connectivity index (χ1) is 9.65. The third kappa shape index (κ3) is 2.41. The first-order valence-electron chi connectivity index (χ1n) is 5.77. The van der Waals surface area contributed by atoms with Crippen LogP contribution in [0.25, 0.3) is 5.65 Å². The number of fused-ring (bicyclic) bond motifs is 1. The van der Waals surface area contributed by atoms with Crippen LogP contribution in [0.2, 0.25) is 0 Å². The van der Waals surface area contributed by atoms with Crippen molar-refractivity contribution < 1.29 is 0 Å². The SMILES string of the molecule is N=C(N)c1ccc(Sc2nnc3ccccn23)cc1Br. The number of nitrogens with one attached hydrogen (secondary N) is 1. The van der Waals surface area contributed by atoms with Crippen LogP contribution in [-0.4, -0.2) is 20.4 Å². The van der Waals surface area contributed by atoms with Crippen molar-refractivity contribution in [2.45, 2.75) is 10.1 Å². The summed E-state index contributed by atoms with van der Waals surface area (Å²) >= 11 is 4.93. The monoisotopic (exact) mass is 347 g/mol. The van der Waals surface area contributed by atoms with E-state index >= 15 is 0 Å². The molecule has 3 rings (SSSR count). The number of hydrogen-bond donors (Lipinski definition) is 2. The van der Waals surface area contributed by atoms with Gasteiger partial charge in [-0.3, -0.25) is 9.81 Å². The Bertz CT molecular complexity index is 798. The molecule has 20 heavy (non-hydrogen) atoms. The van der Waals surface area contributed by atoms with E-state index in [1.807, 2.05) is 47.0 Å². The summed E-state index contributed by atoms with van der Waals surface area (Å²) in [5, 5.41) is 16.5. The minimum absolute atomic E-state index is 0.0429. The number of nitrogens with two attached hydrogens (primary N) is 1. The second kappa shape index (κ2) is 5.26. The van der Waals surface area contributed by atoms with Gasteiger partial charge in [0, 0.05) is 21.1 Å². The third-order valence-electron chi connectivity index (χ3n) is 2.72. The first kappa shape index (κ1) is 13.1. The maximum Gasteiger partial charge on any atom is 0.200 e. The molecule has 3 aromatic rings. The normalized spacial score (nSPS) is 10.8. The molecule has 0 radical (unpaired) electrons. The fourth-order valence-electron chi connectivity index (χ4n) is 1.77. The molecule has 0 atom stereocenters. The van der Waals surface area contributed by atoms with Gasteiger partial charge in [-0.25, -0.2) is 0 Å². The van der Waals surface area contributed by atoms with E-state index in [2.05, 4.69) is 26.1 Å². The van der Waals surface area contributed by atoms with Crippen LogP contribution < -0.4 is 5.73 Å². The number of hydrogen-bond acceptors (Lipinski definition) is 4. The van der Waals surface area contributed by atoms with Gasteiger partial charge in [-0.05, 0) is 58.0 Å². The van der Waals surface area contributed by atoms with Gasteiger partial charge in [0.15, 0.2) is 10.8 Å². The molecule has 100 valence electrons. The van der Waals surface area contributed by atoms with Crippen LogP contribution in [0.15, 0.2) is 57.1 Å². The van der Waals surface area contributed by atoms with Crippen molar-refractivity contribution in [1.82, 2.24) is 14.6 Å². The van der Waals surface area contributed by atoms with Crippen LogP contribution in [0.1, 0.15) is 5.56 Å². The van der Waals surface area contributed by atoms with E-state index in [4.69, 9.17) is 11.1 Å². The van der Waals surface area contributed by atoms with Gasteiger partial charge in [0.1, 0.15) is 5.84 Å². The molecule has 0 aliphatic rings. The van der Waals surface area contributed by atoms with Crippen LogP contribution in [-0.2, 0) is 0 Å². The van der Waals surface area contributed by atoms with E-state index in [1.54, 1.807) is 0 Å². The number of aromatic nitrogens is 3. The average Bonchev–Trinajstić information content (AvgIpc) is 2.82. The summed E-state index contributed by atoms with van der Waals surface area (Å²) < 4.78 is 2.72. The number of nitrogen functional groups attached to an aromatic ring is 1. The highest BCUT2D eigenvalue weighted by Gasteiger charge is 2.09. The highest BCUT2D eigenvalue weighted by molar-refractivity contribution is 9.10. The number of halogens is 1. The highest BCUT2D eigenvalue weighted by Crippen LogP contribution is 2.30. The Balaban J connectivity index is 1.95. The fraction of sp³-hybridized carbons (Fsp3) is 0. The molecular weight excluding hydrogens is 338 g/mol. The van der Waals surface area contributed by atoms with Gasteiger partial charge in [0.05, 0.1) is 0 Å². The van der Waals surface area contributed by atoms with Crippen molar-refractivity contribution in [3.8, 4) is 0 Å². The van der Waals surface area contributed by atoms with Gasteiger partial charge in [0.2, 0.25) is 0 Å². The number of nitrogens with zero attached hydrogens (tertiary/aromatic N) is 3. The summed E-state index contributed by atoms with van der Waals surface area (Å²) in [5.74, 6) is 0.0429. The van der Waals surface area contributed by atoms with Crippen molar-refractivity contribution in [3.05, 3.63) is 52.6 Å². The van der Waals surface area contributed by atoms with Gasteiger partial charge >= 0.3 is 0 Å². The minimum atomic E-state index is 0.0429. The van der Waals surface area contributed by atoms with Gasteiger partial charge in [0.25, 0.3) is 0 Å². The van der Waals surface area contributed by atoms with E-state index in [9.17, 15) is 0 Å². The molecular formula is C13H10BrN5S. The molecule has 0 saturated heterocycles. The summed E-state index contributed by atoms with van der Waals surface area (Å²) in [6, 6.07) is 11.4. The van der Waals surface area contributed by atoms with Crippen molar-refractivity contribution in [3.63, 3.8) is 0 Å². The first-order valence-corrected chi connectivity index (χ1v) is 7.37. The van der Waals surface area contributed by atoms with Crippen molar-refractivity contribution in [2.24, 2.45) is 5.73 Å². The Morgan fingerprint density at radius 1 is 1.25 bits per heavy atom. The molecule has 0 amide bonds. The average molecular weight is 348 g/mol. The molecule has 3 N–H and O–H groups in total. The number of rotatable bonds is 3. The maximum atomic E-state index is 7.47. The van der Waals surface area contributed by atoms with Gasteiger partial charge in [-0.15, -0.1) is 10.2 Å². The number of pyridine rings is 1. The van der Waals surface area contributed by atoms with Crippen LogP contribution in [0, 0.1) is 5.41 Å². The van der Waals surface area contributed by atoms with Crippen molar-refractivity contribution in [2.75, 3.05) is 0 Å². The lowest BCUT2D eigenvalue weighted by atomic mass is 10.2. The largest absolute Gasteiger partial charge is 0.384 e. The quantitative estimate of drug-likeness (QED) is 0.563. The summed E-state index contributed by atoms with van der Waals surface area (Å²) in [6.45, 7) is 0. The molecule has 0 saturated carbocycles. The third-order valence-corrected chi connectivity index (χ3v) is 4.33. The molecule has 0 aliphatic carbocycles. The predicted molar refractivity (Wildman–Crippen MR) is 82.3 cm³/mol. The second-order valence-electron chi connectivity index (χ2n) is 4.07. The van der Waals surface area contributed by atoms with Crippen LogP contribution >= 0.6 is 27.7 Å². The molecule has 0 unspecified atom stereocenters. The Morgan fingerprint density at radius 3 is 2.85 bits per heavy atom. The summed E-state index contributed by atoms with van der Waals surface area (Å²) in [6.07, 6.45) is 1.93. The fourth-order valence-corrected chi connectivity index (χ4v) is 3.37. The molecule has 0 fully saturated rings. The lowest BCUT2D eigenvalue weighted by molar-refractivity contribution is 0.921. The highest BCUT2D eigenvalue weighted by atomic mass is 79.9. The molecule has 7 heteroatoms. The Labute approximate surface area is 127 Å². The zero-order valence-electron chi connectivity index (χ0n) is 10.2. The molecule has 0 spiro atoms. The maximum absolute atomic E-state index is 7.47. The number of amidine groups is 1. The van der Waals surface area contributed by atoms with Gasteiger partial charge in [-0.1, -0.05) is 6.07 Å². The Hall–Kier alpha value is -1.86. The minimum Gasteiger partial charge on any atom is -0.384 e. The van der Waals surface area contributed by atoms with E-state index < -0.39 is 0 Å². The molecule has 0 aliphatic heterocycles. The van der Waals surface area contributed by atoms with Crippen LogP contribution in [0.3, 0.4) is 0 Å². The van der Waals surface area contributed by atoms with E-state index in [1.165, 1.54) is 11.8 Å². The predicted octanol–water partition coefficient (Wildman–Crippen LogP) is 2.93. The van der Waals surface area contributed by atoms with Crippen molar-refractivity contribution >= 4 is 39.2 Å². The summed E-state index contributed by atoms with van der Waals surface area (Å²) in [4.78, 5) is 1.00. The van der Waals surface area contributed by atoms with Gasteiger partial charge < -0.3 is 5.73 Å². The lowest BCUT2D eigenvalue weighted by Gasteiger charge is -2.05. The van der Waals surface area contributed by atoms with Crippen LogP contribution in [0.4, 0.5) is 0 Å². The van der Waals surface area contributed by atoms with Crippen LogP contribution in [0.5, 0.6) is 0 Å². The molecule has 0 bridgehead atoms. The zero-order chi connectivity index (χ0) is 14.1. The molecule has 1 aromatic carbocycles. The van der Waals surface area contributed by atoms with Crippen molar-refractivity contribution in [1.29, 1.82) is 5.41 Å². The molecule has 2 aromatic heterocycles. The van der Waals surface area contributed by atoms with E-state index in [-0.39, 0.29) is 5.84 Å². The van der Waals surface area contributed by atoms with E-state index in [0.717, 1.165) is 20.2 Å². The standard InChI is InChI=1S/C13H10BrN5S/c14-10-7-8(4-5-9(10)12(15)16)20-13-18-17-11-3-1-2-6-19(11)13/h1-7H,(H3,15,16). The molecule has 5 nitrogen and oxygen atoms in total. The number of benzene rings is 1. The summed E-state index contributed by atoms with van der Waals surface area (Å²) in [7, 11) is 0. The smallest absolute Gasteiger partial charge is 0.200 e. The Morgan fingerprint density at radius 2 is 2.10 bits per heavy atom. The topological polar surface area (TPSA) is 80.1 Å². The van der Waals surface area contributed by atoms with Gasteiger partial charge in [-0.2, -0.15) is 0 Å². The second-order valence-corrected chi connectivity index (χ2v) is 5.96. The van der Waals surface area contributed by atoms with E-state index in [0.29, 0.717) is 5.56 Å². The lowest BCUT2D eigenvalue weighted by Crippen LogP contribution is -2.11. The summed E-state index contributed by atoms with van der Waals surface area (Å²) in [5.41, 5.74) is 6.99. The Kier molecular flexibility index (Phi) is 3.45.